The van der Waals surface area contributed by atoms with Crippen LogP contribution in [0.5, 0.6) is 0 Å². The fraction of sp³-hybridized carbons (Fsp3) is 0.455. The smallest absolute Gasteiger partial charge is 0.263 e. The van der Waals surface area contributed by atoms with E-state index in [4.69, 9.17) is 17.0 Å². The highest BCUT2D eigenvalue weighted by molar-refractivity contribution is 9.11. The SMILES string of the molecule is CC[C@@]1(C)CC(/C=C2/SC(=S)NC2=O)=CC(Br)=C1OCCC1=CCC(C)C=C1. The number of carbonyl (C=O) groups is 1. The van der Waals surface area contributed by atoms with Crippen LogP contribution < -0.4 is 5.32 Å². The van der Waals surface area contributed by atoms with Gasteiger partial charge in [0, 0.05) is 11.8 Å². The molecule has 2 atom stereocenters. The van der Waals surface area contributed by atoms with Crippen molar-refractivity contribution in [2.75, 3.05) is 6.61 Å². The summed E-state index contributed by atoms with van der Waals surface area (Å²) in [5.74, 6) is 1.53. The van der Waals surface area contributed by atoms with Crippen LogP contribution in [0.1, 0.15) is 46.5 Å². The predicted molar refractivity (Wildman–Crippen MR) is 125 cm³/mol. The summed E-state index contributed by atoms with van der Waals surface area (Å²) in [5, 5.41) is 2.67. The highest BCUT2D eigenvalue weighted by Gasteiger charge is 2.35. The molecule has 1 aliphatic heterocycles. The summed E-state index contributed by atoms with van der Waals surface area (Å²) in [6.45, 7) is 7.31. The number of hydrogen-bond acceptors (Lipinski definition) is 4. The number of carbonyl (C=O) groups excluding carboxylic acids is 1. The van der Waals surface area contributed by atoms with Gasteiger partial charge in [-0.1, -0.05) is 63.0 Å². The van der Waals surface area contributed by atoms with Crippen molar-refractivity contribution < 1.29 is 9.53 Å². The normalized spacial score (nSPS) is 29.1. The first-order chi connectivity index (χ1) is 13.3. The van der Waals surface area contributed by atoms with Crippen molar-refractivity contribution in [1.29, 1.82) is 0 Å². The molecule has 1 fully saturated rings. The van der Waals surface area contributed by atoms with Gasteiger partial charge in [-0.3, -0.25) is 4.79 Å². The summed E-state index contributed by atoms with van der Waals surface area (Å²) in [4.78, 5) is 12.6. The van der Waals surface area contributed by atoms with Gasteiger partial charge in [0.1, 0.15) is 10.1 Å². The van der Waals surface area contributed by atoms with Gasteiger partial charge in [-0.05, 0) is 64.4 Å². The fourth-order valence-electron chi connectivity index (χ4n) is 3.54. The molecule has 0 aromatic heterocycles. The van der Waals surface area contributed by atoms with Crippen molar-refractivity contribution in [2.24, 2.45) is 11.3 Å². The van der Waals surface area contributed by atoms with Gasteiger partial charge >= 0.3 is 0 Å². The number of allylic oxidation sites excluding steroid dienone is 8. The van der Waals surface area contributed by atoms with Crippen LogP contribution in [0.3, 0.4) is 0 Å². The average molecular weight is 480 g/mol. The molecule has 28 heavy (non-hydrogen) atoms. The van der Waals surface area contributed by atoms with Gasteiger partial charge in [0.05, 0.1) is 16.0 Å². The first-order valence-corrected chi connectivity index (χ1v) is 11.7. The number of amides is 1. The second-order valence-electron chi connectivity index (χ2n) is 7.79. The molecule has 3 aliphatic rings. The van der Waals surface area contributed by atoms with Gasteiger partial charge in [-0.15, -0.1) is 0 Å². The summed E-state index contributed by atoms with van der Waals surface area (Å²) in [6.07, 6.45) is 14.6. The van der Waals surface area contributed by atoms with Gasteiger partial charge in [-0.25, -0.2) is 0 Å². The van der Waals surface area contributed by atoms with Crippen molar-refractivity contribution in [3.05, 3.63) is 56.7 Å². The average Bonchev–Trinajstić information content (AvgIpc) is 2.96. The van der Waals surface area contributed by atoms with Crippen molar-refractivity contribution in [3.8, 4) is 0 Å². The number of thioether (sulfide) groups is 1. The third-order valence-electron chi connectivity index (χ3n) is 5.44. The number of nitrogens with one attached hydrogen (secondary N) is 1. The van der Waals surface area contributed by atoms with E-state index in [9.17, 15) is 4.79 Å². The third kappa shape index (κ3) is 5.08. The van der Waals surface area contributed by atoms with Crippen LogP contribution in [0.25, 0.3) is 0 Å². The van der Waals surface area contributed by atoms with Gasteiger partial charge in [0.25, 0.3) is 5.91 Å². The lowest BCUT2D eigenvalue weighted by Gasteiger charge is -2.35. The Bertz CT molecular complexity index is 837. The highest BCUT2D eigenvalue weighted by Crippen LogP contribution is 2.46. The molecule has 3 rings (SSSR count). The Morgan fingerprint density at radius 1 is 1.50 bits per heavy atom. The topological polar surface area (TPSA) is 38.3 Å². The van der Waals surface area contributed by atoms with Crippen molar-refractivity contribution in [3.63, 3.8) is 0 Å². The zero-order valence-corrected chi connectivity index (χ0v) is 19.7. The lowest BCUT2D eigenvalue weighted by atomic mass is 9.76. The minimum Gasteiger partial charge on any atom is -0.496 e. The van der Waals surface area contributed by atoms with Gasteiger partial charge in [0.2, 0.25) is 0 Å². The van der Waals surface area contributed by atoms with E-state index in [1.165, 1.54) is 17.3 Å². The Labute approximate surface area is 185 Å². The summed E-state index contributed by atoms with van der Waals surface area (Å²) in [5.41, 5.74) is 2.36. The monoisotopic (exact) mass is 479 g/mol. The molecule has 6 heteroatoms. The van der Waals surface area contributed by atoms with Gasteiger partial charge < -0.3 is 10.1 Å². The molecule has 1 unspecified atom stereocenters. The molecule has 2 aliphatic carbocycles. The molecule has 0 aromatic carbocycles. The summed E-state index contributed by atoms with van der Waals surface area (Å²) >= 11 is 10.1. The van der Waals surface area contributed by atoms with Crippen molar-refractivity contribution in [1.82, 2.24) is 5.32 Å². The summed E-state index contributed by atoms with van der Waals surface area (Å²) < 4.78 is 7.75. The molecule has 1 N–H and O–H groups in total. The molecule has 1 amide bonds. The van der Waals surface area contributed by atoms with Crippen molar-refractivity contribution >= 4 is 50.1 Å². The van der Waals surface area contributed by atoms with Crippen LogP contribution in [-0.4, -0.2) is 16.8 Å². The van der Waals surface area contributed by atoms with E-state index in [0.29, 0.717) is 21.8 Å². The van der Waals surface area contributed by atoms with Crippen LogP contribution in [0.4, 0.5) is 0 Å². The zero-order chi connectivity index (χ0) is 20.3. The number of ether oxygens (including phenoxy) is 1. The van der Waals surface area contributed by atoms with E-state index in [0.717, 1.165) is 41.5 Å². The molecule has 0 saturated carbocycles. The maximum atomic E-state index is 12.0. The van der Waals surface area contributed by atoms with Crippen molar-refractivity contribution in [2.45, 2.75) is 46.5 Å². The number of hydrogen-bond donors (Lipinski definition) is 1. The second-order valence-corrected chi connectivity index (χ2v) is 10.4. The van der Waals surface area contributed by atoms with E-state index in [1.807, 2.05) is 6.08 Å². The molecular weight excluding hydrogens is 454 g/mol. The second kappa shape index (κ2) is 9.14. The van der Waals surface area contributed by atoms with Crippen LogP contribution in [-0.2, 0) is 9.53 Å². The maximum Gasteiger partial charge on any atom is 0.263 e. The van der Waals surface area contributed by atoms with Crippen LogP contribution in [0.15, 0.2) is 56.7 Å². The predicted octanol–water partition coefficient (Wildman–Crippen LogP) is 6.30. The van der Waals surface area contributed by atoms with E-state index in [-0.39, 0.29) is 11.3 Å². The number of halogens is 1. The summed E-state index contributed by atoms with van der Waals surface area (Å²) in [6, 6.07) is 0. The minimum absolute atomic E-state index is 0.106. The molecule has 3 nitrogen and oxygen atoms in total. The van der Waals surface area contributed by atoms with Gasteiger partial charge in [-0.2, -0.15) is 0 Å². The lowest BCUT2D eigenvalue weighted by Crippen LogP contribution is -2.25. The van der Waals surface area contributed by atoms with Crippen LogP contribution in [0, 0.1) is 11.3 Å². The molecular formula is C22H26BrNO2S2. The quantitative estimate of drug-likeness (QED) is 0.358. The first kappa shape index (κ1) is 21.6. The van der Waals surface area contributed by atoms with E-state index < -0.39 is 0 Å². The summed E-state index contributed by atoms with van der Waals surface area (Å²) in [7, 11) is 0. The maximum absolute atomic E-state index is 12.0. The number of thiocarbonyl (C=S) groups is 1. The molecule has 0 spiro atoms. The lowest BCUT2D eigenvalue weighted by molar-refractivity contribution is -0.115. The highest BCUT2D eigenvalue weighted by atomic mass is 79.9. The molecule has 0 bridgehead atoms. The minimum atomic E-state index is -0.112. The zero-order valence-electron chi connectivity index (χ0n) is 16.5. The van der Waals surface area contributed by atoms with E-state index in [1.54, 1.807) is 0 Å². The van der Waals surface area contributed by atoms with Crippen LogP contribution >= 0.6 is 39.9 Å². The van der Waals surface area contributed by atoms with Gasteiger partial charge in [0.15, 0.2) is 0 Å². The molecule has 1 heterocycles. The standard InChI is InChI=1S/C22H26BrNO2S2/c1-4-22(3)13-16(12-18-20(25)24-21(27)28-18)11-17(23)19(22)26-10-9-15-7-5-14(2)6-8-15/h5,7-8,11-12,14H,4,6,9-10,13H2,1-3H3,(H,24,25,27)/b18-12+/t14?,22-/m0/s1. The molecule has 0 radical (unpaired) electrons. The molecule has 150 valence electrons. The third-order valence-corrected chi connectivity index (χ3v) is 7.19. The Balaban J connectivity index is 1.73. The number of rotatable bonds is 6. The molecule has 1 saturated heterocycles. The fourth-order valence-corrected chi connectivity index (χ4v) is 5.48. The van der Waals surface area contributed by atoms with E-state index >= 15 is 0 Å². The Morgan fingerprint density at radius 3 is 2.89 bits per heavy atom. The van der Waals surface area contributed by atoms with E-state index in [2.05, 4.69) is 66.3 Å². The first-order valence-electron chi connectivity index (χ1n) is 9.66. The largest absolute Gasteiger partial charge is 0.496 e. The van der Waals surface area contributed by atoms with Crippen LogP contribution in [0.2, 0.25) is 0 Å². The molecule has 0 aromatic rings. The Hall–Kier alpha value is -1.11. The Morgan fingerprint density at radius 2 is 2.29 bits per heavy atom. The Kier molecular flexibility index (Phi) is 7.05.